The van der Waals surface area contributed by atoms with Crippen LogP contribution in [-0.4, -0.2) is 39.2 Å². The van der Waals surface area contributed by atoms with E-state index >= 15 is 0 Å². The maximum atomic E-state index is 13.1. The topological polar surface area (TPSA) is 94.2 Å². The van der Waals surface area contributed by atoms with Gasteiger partial charge >= 0.3 is 6.03 Å². The number of methoxy groups -OCH3 is 3. The second-order valence-electron chi connectivity index (χ2n) is 5.88. The van der Waals surface area contributed by atoms with Gasteiger partial charge in [0.15, 0.2) is 0 Å². The summed E-state index contributed by atoms with van der Waals surface area (Å²) in [4.78, 5) is 38.8. The van der Waals surface area contributed by atoms with E-state index in [0.717, 1.165) is 9.37 Å². The fraction of sp³-hybridized carbons (Fsp3) is 0.150. The minimum atomic E-state index is -0.884. The van der Waals surface area contributed by atoms with Gasteiger partial charge in [-0.3, -0.25) is 14.9 Å². The molecule has 4 amide bonds. The lowest BCUT2D eigenvalue weighted by atomic mass is 10.1. The largest absolute Gasteiger partial charge is 0.497 e. The summed E-state index contributed by atoms with van der Waals surface area (Å²) >= 11 is 3.35. The first-order valence-corrected chi connectivity index (χ1v) is 9.16. The van der Waals surface area contributed by atoms with Crippen molar-refractivity contribution in [2.24, 2.45) is 0 Å². The monoisotopic (exact) mass is 460 g/mol. The summed E-state index contributed by atoms with van der Waals surface area (Å²) in [5.74, 6) is -0.461. The van der Waals surface area contributed by atoms with Gasteiger partial charge < -0.3 is 14.2 Å². The van der Waals surface area contributed by atoms with Crippen molar-refractivity contribution in [2.75, 3.05) is 26.2 Å². The van der Waals surface area contributed by atoms with Crippen LogP contribution in [0.5, 0.6) is 17.2 Å². The fourth-order valence-corrected chi connectivity index (χ4v) is 3.20. The molecule has 2 aromatic carbocycles. The number of ether oxygens (including phenoxy) is 3. The Labute approximate surface area is 175 Å². The molecular weight excluding hydrogens is 444 g/mol. The molecule has 1 aliphatic heterocycles. The highest BCUT2D eigenvalue weighted by Crippen LogP contribution is 2.35. The van der Waals surface area contributed by atoms with Gasteiger partial charge in [0.1, 0.15) is 22.8 Å². The molecule has 0 bridgehead atoms. The third kappa shape index (κ3) is 3.95. The quantitative estimate of drug-likeness (QED) is 0.543. The Balaban J connectivity index is 2.12. The van der Waals surface area contributed by atoms with E-state index in [4.69, 9.17) is 14.2 Å². The molecule has 0 atom stereocenters. The van der Waals surface area contributed by atoms with E-state index in [2.05, 4.69) is 21.2 Å². The van der Waals surface area contributed by atoms with Gasteiger partial charge in [0, 0.05) is 16.1 Å². The molecule has 3 rings (SSSR count). The van der Waals surface area contributed by atoms with Crippen LogP contribution < -0.4 is 24.4 Å². The molecule has 0 unspecified atom stereocenters. The molecule has 1 fully saturated rings. The van der Waals surface area contributed by atoms with Crippen LogP contribution in [0, 0.1) is 0 Å². The van der Waals surface area contributed by atoms with Crippen molar-refractivity contribution in [2.45, 2.75) is 0 Å². The van der Waals surface area contributed by atoms with Crippen LogP contribution in [0.25, 0.3) is 6.08 Å². The molecule has 1 aliphatic rings. The summed E-state index contributed by atoms with van der Waals surface area (Å²) in [6.45, 7) is 0. The smallest absolute Gasteiger partial charge is 0.336 e. The number of rotatable bonds is 5. The first-order chi connectivity index (χ1) is 13.9. The summed E-state index contributed by atoms with van der Waals surface area (Å²) in [5.41, 5.74) is 0.409. The number of imide groups is 2. The second-order valence-corrected chi connectivity index (χ2v) is 6.80. The van der Waals surface area contributed by atoms with Crippen molar-refractivity contribution >= 4 is 45.5 Å². The number of nitrogens with one attached hydrogen (secondary N) is 1. The van der Waals surface area contributed by atoms with Crippen molar-refractivity contribution < 1.29 is 28.6 Å². The van der Waals surface area contributed by atoms with Gasteiger partial charge in [0.25, 0.3) is 11.8 Å². The highest BCUT2D eigenvalue weighted by Gasteiger charge is 2.38. The lowest BCUT2D eigenvalue weighted by Gasteiger charge is -2.27. The maximum absolute atomic E-state index is 13.1. The van der Waals surface area contributed by atoms with Gasteiger partial charge in [-0.15, -0.1) is 0 Å². The summed E-state index contributed by atoms with van der Waals surface area (Å²) in [7, 11) is 4.34. The molecule has 8 nitrogen and oxygen atoms in total. The minimum Gasteiger partial charge on any atom is -0.497 e. The van der Waals surface area contributed by atoms with Crippen LogP contribution in [0.3, 0.4) is 0 Å². The van der Waals surface area contributed by atoms with Gasteiger partial charge in [0.2, 0.25) is 0 Å². The number of anilines is 1. The minimum absolute atomic E-state index is 0.147. The first-order valence-electron chi connectivity index (χ1n) is 8.36. The Morgan fingerprint density at radius 1 is 0.931 bits per heavy atom. The third-order valence-corrected chi connectivity index (χ3v) is 4.71. The van der Waals surface area contributed by atoms with E-state index in [1.54, 1.807) is 30.3 Å². The zero-order valence-electron chi connectivity index (χ0n) is 15.8. The van der Waals surface area contributed by atoms with Gasteiger partial charge in [-0.05, 0) is 36.4 Å². The van der Waals surface area contributed by atoms with Gasteiger partial charge in [-0.1, -0.05) is 15.9 Å². The van der Waals surface area contributed by atoms with Crippen LogP contribution in [-0.2, 0) is 9.59 Å². The maximum Gasteiger partial charge on any atom is 0.336 e. The Bertz CT molecular complexity index is 1030. The molecule has 29 heavy (non-hydrogen) atoms. The van der Waals surface area contributed by atoms with Crippen molar-refractivity contribution in [1.82, 2.24) is 5.32 Å². The highest BCUT2D eigenvalue weighted by molar-refractivity contribution is 9.10. The van der Waals surface area contributed by atoms with Crippen LogP contribution in [0.2, 0.25) is 0 Å². The van der Waals surface area contributed by atoms with Crippen molar-refractivity contribution in [3.05, 3.63) is 52.0 Å². The summed E-state index contributed by atoms with van der Waals surface area (Å²) in [6, 6.07) is 8.93. The molecule has 9 heteroatoms. The summed E-state index contributed by atoms with van der Waals surface area (Å²) < 4.78 is 16.5. The number of benzene rings is 2. The van der Waals surface area contributed by atoms with Gasteiger partial charge in [-0.25, -0.2) is 9.69 Å². The average Bonchev–Trinajstić information content (AvgIpc) is 2.71. The number of hydrogen-bond acceptors (Lipinski definition) is 6. The van der Waals surface area contributed by atoms with Crippen LogP contribution in [0.4, 0.5) is 10.5 Å². The molecule has 0 aliphatic carbocycles. The zero-order chi connectivity index (χ0) is 21.1. The molecule has 1 N–H and O–H groups in total. The lowest BCUT2D eigenvalue weighted by molar-refractivity contribution is -0.122. The van der Waals surface area contributed by atoms with Crippen molar-refractivity contribution in [3.63, 3.8) is 0 Å². The number of halogens is 1. The van der Waals surface area contributed by atoms with Gasteiger partial charge in [0.05, 0.1) is 27.0 Å². The molecule has 0 saturated carbocycles. The predicted molar refractivity (Wildman–Crippen MR) is 109 cm³/mol. The SMILES string of the molecule is COc1ccc(OC)c(N2C(=O)NC(=O)/C(=C\c3cc(Br)ccc3OC)C2=O)c1. The van der Waals surface area contributed by atoms with E-state index < -0.39 is 17.8 Å². The Morgan fingerprint density at radius 3 is 2.28 bits per heavy atom. The van der Waals surface area contributed by atoms with Gasteiger partial charge in [-0.2, -0.15) is 0 Å². The van der Waals surface area contributed by atoms with Crippen LogP contribution in [0.1, 0.15) is 5.56 Å². The Hall–Kier alpha value is -3.33. The van der Waals surface area contributed by atoms with Crippen molar-refractivity contribution in [3.8, 4) is 17.2 Å². The summed E-state index contributed by atoms with van der Waals surface area (Å²) in [5, 5.41) is 2.18. The van der Waals surface area contributed by atoms with E-state index in [1.165, 1.54) is 33.5 Å². The zero-order valence-corrected chi connectivity index (χ0v) is 17.4. The average molecular weight is 461 g/mol. The first kappa shape index (κ1) is 20.4. The molecule has 0 radical (unpaired) electrons. The van der Waals surface area contributed by atoms with Crippen LogP contribution >= 0.6 is 15.9 Å². The van der Waals surface area contributed by atoms with Crippen LogP contribution in [0.15, 0.2) is 46.4 Å². The molecule has 1 saturated heterocycles. The summed E-state index contributed by atoms with van der Waals surface area (Å²) in [6.07, 6.45) is 1.37. The number of barbiturate groups is 1. The number of carbonyl (C=O) groups is 3. The Morgan fingerprint density at radius 2 is 1.62 bits per heavy atom. The third-order valence-electron chi connectivity index (χ3n) is 4.22. The van der Waals surface area contributed by atoms with E-state index in [0.29, 0.717) is 17.1 Å². The molecular formula is C20H17BrN2O6. The van der Waals surface area contributed by atoms with E-state index in [1.807, 2.05) is 0 Å². The standard InChI is InChI=1S/C20H17BrN2O6/c1-27-13-5-7-17(29-3)15(10-13)23-19(25)14(18(24)22-20(23)26)9-11-8-12(21)4-6-16(11)28-2/h4-10H,1-3H3,(H,22,24,26)/b14-9+. The Kier molecular flexibility index (Phi) is 5.88. The predicted octanol–water partition coefficient (Wildman–Crippen LogP) is 3.14. The van der Waals surface area contributed by atoms with E-state index in [9.17, 15) is 14.4 Å². The van der Waals surface area contributed by atoms with E-state index in [-0.39, 0.29) is 17.0 Å². The number of amides is 4. The molecule has 1 heterocycles. The normalized spacial score (nSPS) is 15.4. The molecule has 150 valence electrons. The molecule has 0 aromatic heterocycles. The second kappa shape index (κ2) is 8.36. The van der Waals surface area contributed by atoms with Crippen molar-refractivity contribution in [1.29, 1.82) is 0 Å². The lowest BCUT2D eigenvalue weighted by Crippen LogP contribution is -2.54. The highest BCUT2D eigenvalue weighted by atomic mass is 79.9. The number of nitrogens with zero attached hydrogens (tertiary/aromatic N) is 1. The molecule has 2 aromatic rings. The number of urea groups is 1. The molecule has 0 spiro atoms. The number of hydrogen-bond donors (Lipinski definition) is 1. The fourth-order valence-electron chi connectivity index (χ4n) is 2.82. The number of carbonyl (C=O) groups excluding carboxylic acids is 3.